The average molecular weight is 302 g/mol. The van der Waals surface area contributed by atoms with Crippen molar-refractivity contribution < 1.29 is 8.42 Å². The number of hydrogen-bond acceptors (Lipinski definition) is 4. The maximum absolute atomic E-state index is 12.6. The molecule has 2 aromatic heterocycles. The van der Waals surface area contributed by atoms with Crippen molar-refractivity contribution in [2.45, 2.75) is 18.4 Å². The molecule has 2 heterocycles. The Morgan fingerprint density at radius 3 is 2.76 bits per heavy atom. The first-order valence-electron chi connectivity index (χ1n) is 6.50. The number of nitrogens with one attached hydrogen (secondary N) is 1. The number of aryl methyl sites for hydroxylation is 1. The highest BCUT2D eigenvalue weighted by Crippen LogP contribution is 2.23. The first kappa shape index (κ1) is 13.6. The number of hydrogen-bond donors (Lipinski definition) is 1. The molecule has 0 spiro atoms. The van der Waals surface area contributed by atoms with Gasteiger partial charge in [-0.15, -0.1) is 0 Å². The van der Waals surface area contributed by atoms with Crippen LogP contribution >= 0.6 is 0 Å². The van der Waals surface area contributed by atoms with Crippen LogP contribution in [-0.4, -0.2) is 23.2 Å². The molecule has 21 heavy (non-hydrogen) atoms. The predicted octanol–water partition coefficient (Wildman–Crippen LogP) is 2.25. The van der Waals surface area contributed by atoms with E-state index in [1.165, 1.54) is 0 Å². The van der Waals surface area contributed by atoms with Gasteiger partial charge in [0.1, 0.15) is 10.7 Å². The van der Waals surface area contributed by atoms with Gasteiger partial charge >= 0.3 is 0 Å². The van der Waals surface area contributed by atoms with Crippen molar-refractivity contribution >= 4 is 26.7 Å². The number of sulfonamides is 1. The van der Waals surface area contributed by atoms with Crippen molar-refractivity contribution in [2.75, 3.05) is 4.72 Å². The minimum Gasteiger partial charge on any atom is -0.263 e. The number of para-hydroxylation sites is 1. The quantitative estimate of drug-likeness (QED) is 0.802. The molecule has 3 aromatic rings. The van der Waals surface area contributed by atoms with Crippen LogP contribution in [0.4, 0.5) is 5.82 Å². The molecule has 1 N–H and O–H groups in total. The van der Waals surface area contributed by atoms with E-state index in [4.69, 9.17) is 0 Å². The van der Waals surface area contributed by atoms with Crippen LogP contribution in [0.1, 0.15) is 6.92 Å². The Kier molecular flexibility index (Phi) is 3.34. The summed E-state index contributed by atoms with van der Waals surface area (Å²) in [5.41, 5.74) is 0.454. The van der Waals surface area contributed by atoms with Gasteiger partial charge in [-0.05, 0) is 19.1 Å². The van der Waals surface area contributed by atoms with E-state index in [9.17, 15) is 8.42 Å². The molecule has 0 amide bonds. The van der Waals surface area contributed by atoms with Crippen molar-refractivity contribution in [1.29, 1.82) is 0 Å². The molecule has 0 aliphatic heterocycles. The first-order chi connectivity index (χ1) is 10.1. The molecule has 0 aliphatic rings. The van der Waals surface area contributed by atoms with Crippen LogP contribution < -0.4 is 4.72 Å². The van der Waals surface area contributed by atoms with E-state index in [1.807, 2.05) is 19.1 Å². The maximum Gasteiger partial charge on any atom is 0.265 e. The van der Waals surface area contributed by atoms with Gasteiger partial charge in [-0.1, -0.05) is 18.2 Å². The van der Waals surface area contributed by atoms with Crippen LogP contribution in [0.25, 0.3) is 10.9 Å². The highest BCUT2D eigenvalue weighted by atomic mass is 32.2. The highest BCUT2D eigenvalue weighted by Gasteiger charge is 2.19. The largest absolute Gasteiger partial charge is 0.265 e. The Labute approximate surface area is 122 Å². The van der Waals surface area contributed by atoms with Gasteiger partial charge < -0.3 is 0 Å². The lowest BCUT2D eigenvalue weighted by Crippen LogP contribution is -2.16. The second-order valence-corrected chi connectivity index (χ2v) is 6.12. The van der Waals surface area contributed by atoms with Gasteiger partial charge in [0.15, 0.2) is 0 Å². The fourth-order valence-electron chi connectivity index (χ4n) is 2.16. The standard InChI is InChI=1S/C14H14N4O2S/c1-2-18-13(8-10-16-18)17-21(19,20)12-7-3-5-11-6-4-9-15-14(11)12/h3-10,17H,2H2,1H3. The zero-order chi connectivity index (χ0) is 14.9. The molecule has 0 radical (unpaired) electrons. The minimum absolute atomic E-state index is 0.157. The van der Waals surface area contributed by atoms with Crippen LogP contribution in [0.15, 0.2) is 53.7 Å². The first-order valence-corrected chi connectivity index (χ1v) is 7.98. The summed E-state index contributed by atoms with van der Waals surface area (Å²) in [6.45, 7) is 2.48. The monoisotopic (exact) mass is 302 g/mol. The lowest BCUT2D eigenvalue weighted by Gasteiger charge is -2.10. The van der Waals surface area contributed by atoms with Crippen molar-refractivity contribution in [2.24, 2.45) is 0 Å². The summed E-state index contributed by atoms with van der Waals surface area (Å²) in [4.78, 5) is 4.33. The highest BCUT2D eigenvalue weighted by molar-refractivity contribution is 7.93. The third-order valence-corrected chi connectivity index (χ3v) is 4.53. The molecular weight excluding hydrogens is 288 g/mol. The number of benzene rings is 1. The van der Waals surface area contributed by atoms with Crippen LogP contribution in [0.5, 0.6) is 0 Å². The fourth-order valence-corrected chi connectivity index (χ4v) is 3.40. The molecule has 0 saturated carbocycles. The SMILES string of the molecule is CCn1nccc1NS(=O)(=O)c1cccc2cccnc12. The van der Waals surface area contributed by atoms with Crippen LogP contribution in [-0.2, 0) is 16.6 Å². The summed E-state index contributed by atoms with van der Waals surface area (Å²) < 4.78 is 29.3. The summed E-state index contributed by atoms with van der Waals surface area (Å²) >= 11 is 0. The molecule has 0 unspecified atom stereocenters. The molecule has 0 atom stereocenters. The smallest absolute Gasteiger partial charge is 0.263 e. The van der Waals surface area contributed by atoms with Gasteiger partial charge in [0.2, 0.25) is 0 Å². The van der Waals surface area contributed by atoms with Crippen LogP contribution in [0.3, 0.4) is 0 Å². The maximum atomic E-state index is 12.6. The summed E-state index contributed by atoms with van der Waals surface area (Å²) in [5, 5.41) is 4.83. The normalized spacial score (nSPS) is 11.7. The summed E-state index contributed by atoms with van der Waals surface area (Å²) in [6.07, 6.45) is 3.14. The summed E-state index contributed by atoms with van der Waals surface area (Å²) in [7, 11) is -3.72. The fraction of sp³-hybridized carbons (Fsp3) is 0.143. The van der Waals surface area contributed by atoms with Gasteiger partial charge in [0, 0.05) is 24.2 Å². The summed E-state index contributed by atoms with van der Waals surface area (Å²) in [5.74, 6) is 0.436. The van der Waals surface area contributed by atoms with Gasteiger partial charge in [0.25, 0.3) is 10.0 Å². The molecule has 0 bridgehead atoms. The number of rotatable bonds is 4. The van der Waals surface area contributed by atoms with Gasteiger partial charge in [-0.2, -0.15) is 5.10 Å². The number of nitrogens with zero attached hydrogens (tertiary/aromatic N) is 3. The van der Waals surface area contributed by atoms with Gasteiger partial charge in [0.05, 0.1) is 11.7 Å². The lowest BCUT2D eigenvalue weighted by atomic mass is 10.2. The Hall–Kier alpha value is -2.41. The number of anilines is 1. The third-order valence-electron chi connectivity index (χ3n) is 3.14. The van der Waals surface area contributed by atoms with E-state index in [1.54, 1.807) is 41.3 Å². The van der Waals surface area contributed by atoms with Crippen molar-refractivity contribution in [3.05, 3.63) is 48.8 Å². The number of pyridine rings is 1. The molecule has 108 valence electrons. The number of aromatic nitrogens is 3. The van der Waals surface area contributed by atoms with Crippen LogP contribution in [0.2, 0.25) is 0 Å². The van der Waals surface area contributed by atoms with Gasteiger partial charge in [-0.25, -0.2) is 13.1 Å². The van der Waals surface area contributed by atoms with E-state index in [-0.39, 0.29) is 4.90 Å². The molecule has 7 heteroatoms. The zero-order valence-electron chi connectivity index (χ0n) is 11.4. The Morgan fingerprint density at radius 1 is 1.14 bits per heavy atom. The van der Waals surface area contributed by atoms with E-state index >= 15 is 0 Å². The Balaban J connectivity index is 2.09. The van der Waals surface area contributed by atoms with Gasteiger partial charge in [-0.3, -0.25) is 9.71 Å². The molecule has 0 fully saturated rings. The molecule has 1 aromatic carbocycles. The third kappa shape index (κ3) is 2.47. The van der Waals surface area contributed by atoms with E-state index in [0.29, 0.717) is 17.9 Å². The second-order valence-electron chi connectivity index (χ2n) is 4.47. The molecular formula is C14H14N4O2S. The minimum atomic E-state index is -3.72. The van der Waals surface area contributed by atoms with E-state index in [2.05, 4.69) is 14.8 Å². The second kappa shape index (κ2) is 5.17. The Morgan fingerprint density at radius 2 is 1.95 bits per heavy atom. The predicted molar refractivity (Wildman–Crippen MR) is 80.5 cm³/mol. The topological polar surface area (TPSA) is 76.9 Å². The lowest BCUT2D eigenvalue weighted by molar-refractivity contribution is 0.599. The zero-order valence-corrected chi connectivity index (χ0v) is 12.2. The summed E-state index contributed by atoms with van der Waals surface area (Å²) in [6, 6.07) is 10.3. The van der Waals surface area contributed by atoms with Crippen molar-refractivity contribution in [3.63, 3.8) is 0 Å². The number of fused-ring (bicyclic) bond motifs is 1. The van der Waals surface area contributed by atoms with Crippen molar-refractivity contribution in [1.82, 2.24) is 14.8 Å². The van der Waals surface area contributed by atoms with Crippen LogP contribution in [0, 0.1) is 0 Å². The average Bonchev–Trinajstić information content (AvgIpc) is 2.93. The van der Waals surface area contributed by atoms with E-state index < -0.39 is 10.0 Å². The Bertz CT molecular complexity index is 881. The molecule has 3 rings (SSSR count). The molecule has 0 aliphatic carbocycles. The van der Waals surface area contributed by atoms with Crippen molar-refractivity contribution in [3.8, 4) is 0 Å². The molecule has 0 saturated heterocycles. The molecule has 6 nitrogen and oxygen atoms in total. The van der Waals surface area contributed by atoms with E-state index in [0.717, 1.165) is 5.39 Å².